The quantitative estimate of drug-likeness (QED) is 0.858. The van der Waals surface area contributed by atoms with Gasteiger partial charge < -0.3 is 14.8 Å². The summed E-state index contributed by atoms with van der Waals surface area (Å²) in [6, 6.07) is 8.11. The second kappa shape index (κ2) is 7.46. The lowest BCUT2D eigenvalue weighted by atomic mass is 10.1. The van der Waals surface area contributed by atoms with E-state index in [-0.39, 0.29) is 24.2 Å². The Morgan fingerprint density at radius 2 is 2.08 bits per heavy atom. The number of likely N-dealkylation sites (tertiary alicyclic amines) is 1. The molecule has 1 fully saturated rings. The molecular formula is C18H23N5O2. The molecule has 7 nitrogen and oxygen atoms in total. The van der Waals surface area contributed by atoms with Crippen LogP contribution in [0.15, 0.2) is 30.6 Å². The summed E-state index contributed by atoms with van der Waals surface area (Å²) in [7, 11) is 0. The number of benzene rings is 1. The fourth-order valence-corrected chi connectivity index (χ4v) is 3.00. The minimum atomic E-state index is -0.309. The van der Waals surface area contributed by atoms with Gasteiger partial charge in [0.25, 0.3) is 0 Å². The smallest absolute Gasteiger partial charge is 0.225 e. The van der Waals surface area contributed by atoms with E-state index in [1.54, 1.807) is 11.2 Å². The summed E-state index contributed by atoms with van der Waals surface area (Å²) in [5.41, 5.74) is 2.27. The molecule has 0 saturated carbocycles. The number of carbonyl (C=O) groups excluding carboxylic acids is 2. The standard InChI is InChI=1S/C18H23N5O2/c1-3-22-12-20-21-16(22)9-19-18(25)15-8-17(24)23(11-15)10-14-6-4-13(2)5-7-14/h4-7,12,15H,3,8-11H2,1-2H3,(H,19,25)/t15-/m0/s1. The lowest BCUT2D eigenvalue weighted by Crippen LogP contribution is -2.33. The number of hydrogen-bond donors (Lipinski definition) is 1. The fraction of sp³-hybridized carbons (Fsp3) is 0.444. The van der Waals surface area contributed by atoms with E-state index in [2.05, 4.69) is 15.5 Å². The van der Waals surface area contributed by atoms with Gasteiger partial charge >= 0.3 is 0 Å². The molecule has 1 saturated heterocycles. The van der Waals surface area contributed by atoms with Crippen molar-refractivity contribution in [2.24, 2.45) is 5.92 Å². The van der Waals surface area contributed by atoms with Crippen LogP contribution in [0.25, 0.3) is 0 Å². The van der Waals surface area contributed by atoms with Crippen molar-refractivity contribution in [3.05, 3.63) is 47.5 Å². The average molecular weight is 341 g/mol. The summed E-state index contributed by atoms with van der Waals surface area (Å²) in [6.07, 6.45) is 1.90. The van der Waals surface area contributed by atoms with E-state index in [9.17, 15) is 9.59 Å². The first kappa shape index (κ1) is 17.1. The molecule has 3 rings (SSSR count). The summed E-state index contributed by atoms with van der Waals surface area (Å²) >= 11 is 0. The van der Waals surface area contributed by atoms with Crippen LogP contribution in [0, 0.1) is 12.8 Å². The maximum atomic E-state index is 12.4. The highest BCUT2D eigenvalue weighted by molar-refractivity contribution is 5.89. The number of aryl methyl sites for hydroxylation is 2. The van der Waals surface area contributed by atoms with Gasteiger partial charge in [-0.3, -0.25) is 9.59 Å². The van der Waals surface area contributed by atoms with Gasteiger partial charge in [0.1, 0.15) is 6.33 Å². The van der Waals surface area contributed by atoms with E-state index in [4.69, 9.17) is 0 Å². The molecule has 1 aromatic heterocycles. The molecule has 25 heavy (non-hydrogen) atoms. The van der Waals surface area contributed by atoms with E-state index < -0.39 is 0 Å². The Kier molecular flexibility index (Phi) is 5.11. The van der Waals surface area contributed by atoms with Gasteiger partial charge in [-0.05, 0) is 19.4 Å². The first-order valence-corrected chi connectivity index (χ1v) is 8.54. The Balaban J connectivity index is 1.54. The normalized spacial score (nSPS) is 17.1. The minimum Gasteiger partial charge on any atom is -0.348 e. The number of amides is 2. The SMILES string of the molecule is CCn1cnnc1CNC(=O)[C@H]1CC(=O)N(Cc2ccc(C)cc2)C1. The molecule has 1 atom stereocenters. The van der Waals surface area contributed by atoms with E-state index >= 15 is 0 Å². The predicted octanol–water partition coefficient (Wildman–Crippen LogP) is 1.27. The van der Waals surface area contributed by atoms with Gasteiger partial charge in [0.15, 0.2) is 5.82 Å². The van der Waals surface area contributed by atoms with Gasteiger partial charge in [-0.2, -0.15) is 0 Å². The van der Waals surface area contributed by atoms with Crippen LogP contribution in [0.3, 0.4) is 0 Å². The lowest BCUT2D eigenvalue weighted by molar-refractivity contribution is -0.129. The maximum absolute atomic E-state index is 12.4. The Morgan fingerprint density at radius 1 is 1.32 bits per heavy atom. The van der Waals surface area contributed by atoms with E-state index in [1.807, 2.05) is 42.7 Å². The molecule has 0 unspecified atom stereocenters. The van der Waals surface area contributed by atoms with Gasteiger partial charge in [-0.25, -0.2) is 0 Å². The Morgan fingerprint density at radius 3 is 2.80 bits per heavy atom. The molecule has 7 heteroatoms. The molecule has 1 N–H and O–H groups in total. The van der Waals surface area contributed by atoms with Crippen LogP contribution in [0.1, 0.15) is 30.3 Å². The molecule has 2 amide bonds. The molecule has 0 bridgehead atoms. The van der Waals surface area contributed by atoms with Gasteiger partial charge in [-0.1, -0.05) is 29.8 Å². The minimum absolute atomic E-state index is 0.0254. The zero-order valence-electron chi connectivity index (χ0n) is 14.6. The number of carbonyl (C=O) groups is 2. The zero-order valence-corrected chi connectivity index (χ0v) is 14.6. The van der Waals surface area contributed by atoms with Crippen molar-refractivity contribution >= 4 is 11.8 Å². The van der Waals surface area contributed by atoms with Crippen LogP contribution >= 0.6 is 0 Å². The van der Waals surface area contributed by atoms with Crippen molar-refractivity contribution in [1.29, 1.82) is 0 Å². The van der Waals surface area contributed by atoms with Crippen LogP contribution in [0.4, 0.5) is 0 Å². The summed E-state index contributed by atoms with van der Waals surface area (Å²) in [5.74, 6) is 0.329. The lowest BCUT2D eigenvalue weighted by Gasteiger charge is -2.17. The number of rotatable bonds is 6. The molecular weight excluding hydrogens is 318 g/mol. The number of hydrogen-bond acceptors (Lipinski definition) is 4. The summed E-state index contributed by atoms with van der Waals surface area (Å²) in [5, 5.41) is 10.7. The van der Waals surface area contributed by atoms with Crippen LogP contribution in [-0.4, -0.2) is 38.0 Å². The summed E-state index contributed by atoms with van der Waals surface area (Å²) < 4.78 is 1.88. The van der Waals surface area contributed by atoms with Gasteiger partial charge in [0.05, 0.1) is 12.5 Å². The van der Waals surface area contributed by atoms with Gasteiger partial charge in [-0.15, -0.1) is 10.2 Å². The van der Waals surface area contributed by atoms with Gasteiger partial charge in [0.2, 0.25) is 11.8 Å². The summed E-state index contributed by atoms with van der Waals surface area (Å²) in [4.78, 5) is 26.3. The molecule has 0 spiro atoms. The second-order valence-corrected chi connectivity index (χ2v) is 6.41. The first-order valence-electron chi connectivity index (χ1n) is 8.54. The molecule has 1 aliphatic rings. The monoisotopic (exact) mass is 341 g/mol. The molecule has 132 valence electrons. The van der Waals surface area contributed by atoms with Crippen LogP contribution in [0.5, 0.6) is 0 Å². The largest absolute Gasteiger partial charge is 0.348 e. The molecule has 1 aromatic carbocycles. The fourth-order valence-electron chi connectivity index (χ4n) is 3.00. The molecule has 2 aromatic rings. The van der Waals surface area contributed by atoms with Crippen molar-refractivity contribution in [2.75, 3.05) is 6.54 Å². The first-order chi connectivity index (χ1) is 12.1. The number of nitrogens with one attached hydrogen (secondary N) is 1. The van der Waals surface area contributed by atoms with Crippen LogP contribution in [-0.2, 0) is 29.2 Å². The third-order valence-electron chi connectivity index (χ3n) is 4.54. The Labute approximate surface area is 147 Å². The van der Waals surface area contributed by atoms with E-state index in [1.165, 1.54) is 5.56 Å². The predicted molar refractivity (Wildman–Crippen MR) is 92.2 cm³/mol. The van der Waals surface area contributed by atoms with E-state index in [0.717, 1.165) is 17.9 Å². The van der Waals surface area contributed by atoms with Crippen molar-refractivity contribution in [3.8, 4) is 0 Å². The topological polar surface area (TPSA) is 80.1 Å². The highest BCUT2D eigenvalue weighted by Crippen LogP contribution is 2.20. The number of nitrogens with zero attached hydrogens (tertiary/aromatic N) is 4. The highest BCUT2D eigenvalue weighted by Gasteiger charge is 2.34. The van der Waals surface area contributed by atoms with Crippen molar-refractivity contribution < 1.29 is 9.59 Å². The van der Waals surface area contributed by atoms with Crippen molar-refractivity contribution in [1.82, 2.24) is 25.0 Å². The van der Waals surface area contributed by atoms with Crippen LogP contribution < -0.4 is 5.32 Å². The summed E-state index contributed by atoms with van der Waals surface area (Å²) in [6.45, 7) is 6.11. The number of aromatic nitrogens is 3. The maximum Gasteiger partial charge on any atom is 0.225 e. The molecule has 2 heterocycles. The van der Waals surface area contributed by atoms with Crippen molar-refractivity contribution in [2.45, 2.75) is 39.9 Å². The highest BCUT2D eigenvalue weighted by atomic mass is 16.2. The van der Waals surface area contributed by atoms with Gasteiger partial charge in [0, 0.05) is 26.1 Å². The molecule has 0 radical (unpaired) electrons. The third kappa shape index (κ3) is 4.04. The van der Waals surface area contributed by atoms with Crippen molar-refractivity contribution in [3.63, 3.8) is 0 Å². The molecule has 1 aliphatic heterocycles. The molecule has 0 aliphatic carbocycles. The Hall–Kier alpha value is -2.70. The Bertz CT molecular complexity index is 753. The van der Waals surface area contributed by atoms with Crippen LogP contribution in [0.2, 0.25) is 0 Å². The second-order valence-electron chi connectivity index (χ2n) is 6.41. The zero-order chi connectivity index (χ0) is 17.8. The van der Waals surface area contributed by atoms with E-state index in [0.29, 0.717) is 19.6 Å². The third-order valence-corrected chi connectivity index (χ3v) is 4.54. The average Bonchev–Trinajstić information content (AvgIpc) is 3.21.